The quantitative estimate of drug-likeness (QED) is 0.409. The van der Waals surface area contributed by atoms with Gasteiger partial charge in [-0.3, -0.25) is 4.79 Å². The maximum atomic E-state index is 12.7. The van der Waals surface area contributed by atoms with Crippen molar-refractivity contribution in [2.75, 3.05) is 38.3 Å². The zero-order valence-corrected chi connectivity index (χ0v) is 19.5. The minimum absolute atomic E-state index is 0.0507. The first-order chi connectivity index (χ1) is 16.3. The summed E-state index contributed by atoms with van der Waals surface area (Å²) in [5.74, 6) is 3.34. The molecule has 0 saturated heterocycles. The lowest BCUT2D eigenvalue weighted by atomic mass is 9.79. The third kappa shape index (κ3) is 5.23. The molecule has 2 aliphatic rings. The van der Waals surface area contributed by atoms with E-state index < -0.39 is 0 Å². The Labute approximate surface area is 198 Å². The number of carbonyl (C=O) groups is 1. The average molecular weight is 467 g/mol. The van der Waals surface area contributed by atoms with E-state index in [4.69, 9.17) is 9.47 Å². The van der Waals surface area contributed by atoms with Crippen molar-refractivity contribution in [2.45, 2.75) is 25.7 Å². The number of amides is 1. The van der Waals surface area contributed by atoms with Crippen LogP contribution in [-0.2, 0) is 0 Å². The summed E-state index contributed by atoms with van der Waals surface area (Å²) in [4.78, 5) is 12.7. The van der Waals surface area contributed by atoms with Gasteiger partial charge in [0.2, 0.25) is 6.79 Å². The molecule has 0 radical (unpaired) electrons. The molecule has 0 bridgehead atoms. The van der Waals surface area contributed by atoms with Crippen LogP contribution < -0.4 is 25.4 Å². The highest BCUT2D eigenvalue weighted by Crippen LogP contribution is 2.33. The highest BCUT2D eigenvalue weighted by molar-refractivity contribution is 7.13. The van der Waals surface area contributed by atoms with E-state index in [0.29, 0.717) is 35.4 Å². The lowest BCUT2D eigenvalue weighted by molar-refractivity contribution is 0.0933. The van der Waals surface area contributed by atoms with E-state index in [0.717, 1.165) is 31.9 Å². The zero-order valence-electron chi connectivity index (χ0n) is 18.6. The van der Waals surface area contributed by atoms with Crippen LogP contribution in [0.2, 0.25) is 0 Å². The van der Waals surface area contributed by atoms with Crippen molar-refractivity contribution in [3.05, 3.63) is 48.0 Å². The van der Waals surface area contributed by atoms with Gasteiger partial charge in [-0.05, 0) is 73.1 Å². The zero-order chi connectivity index (χ0) is 22.5. The number of rotatable bonds is 9. The maximum absolute atomic E-state index is 12.7. The molecule has 1 aliphatic heterocycles. The number of fused-ring (bicyclic) bond motifs is 2. The number of hydrogen-bond acceptors (Lipinski definition) is 7. The van der Waals surface area contributed by atoms with E-state index in [-0.39, 0.29) is 12.7 Å². The summed E-state index contributed by atoms with van der Waals surface area (Å²) in [6.07, 6.45) is 4.88. The second kappa shape index (κ2) is 10.4. The Morgan fingerprint density at radius 3 is 2.73 bits per heavy atom. The van der Waals surface area contributed by atoms with Crippen molar-refractivity contribution < 1.29 is 14.3 Å². The average Bonchev–Trinajstić information content (AvgIpc) is 3.49. The molecule has 1 fully saturated rings. The minimum Gasteiger partial charge on any atom is -0.454 e. The maximum Gasteiger partial charge on any atom is 0.251 e. The minimum atomic E-state index is -0.0507. The van der Waals surface area contributed by atoms with Gasteiger partial charge in [0, 0.05) is 30.6 Å². The van der Waals surface area contributed by atoms with Crippen molar-refractivity contribution >= 4 is 33.3 Å². The summed E-state index contributed by atoms with van der Waals surface area (Å²) in [5, 5.41) is 11.4. The van der Waals surface area contributed by atoms with Gasteiger partial charge >= 0.3 is 0 Å². The van der Waals surface area contributed by atoms with Gasteiger partial charge in [-0.25, -0.2) is 0 Å². The first-order valence-corrected chi connectivity index (χ1v) is 12.5. The molecule has 2 aromatic carbocycles. The molecule has 5 rings (SSSR count). The predicted molar refractivity (Wildman–Crippen MR) is 131 cm³/mol. The van der Waals surface area contributed by atoms with Gasteiger partial charge < -0.3 is 25.4 Å². The Morgan fingerprint density at radius 1 is 1.00 bits per heavy atom. The van der Waals surface area contributed by atoms with Crippen molar-refractivity contribution in [2.24, 2.45) is 11.8 Å². The first-order valence-electron chi connectivity index (χ1n) is 11.7. The molecule has 8 heteroatoms. The summed E-state index contributed by atoms with van der Waals surface area (Å²) in [6.45, 7) is 3.63. The fraction of sp³-hybridized carbons (Fsp3) is 0.440. The Balaban J connectivity index is 1.06. The number of nitrogens with one attached hydrogen (secondary N) is 3. The third-order valence-corrected chi connectivity index (χ3v) is 7.43. The molecule has 33 heavy (non-hydrogen) atoms. The second-order valence-corrected chi connectivity index (χ2v) is 9.55. The number of nitrogens with zero attached hydrogens (tertiary/aromatic N) is 1. The van der Waals surface area contributed by atoms with Crippen LogP contribution >= 0.6 is 11.5 Å². The fourth-order valence-electron chi connectivity index (χ4n) is 4.76. The van der Waals surface area contributed by atoms with Crippen LogP contribution in [0, 0.1) is 11.8 Å². The normalized spacial score (nSPS) is 19.5. The SMILES string of the molecule is O=C(NCC1CCCCC1CNCCNc1nsc2ccccc12)c1ccc2c(c1)OCO2. The molecule has 7 nitrogen and oxygen atoms in total. The van der Waals surface area contributed by atoms with Crippen molar-refractivity contribution in [1.82, 2.24) is 15.0 Å². The molecule has 3 aromatic rings. The van der Waals surface area contributed by atoms with Crippen LogP contribution in [0.5, 0.6) is 11.5 Å². The Hall–Kier alpha value is -2.84. The molecule has 2 unspecified atom stereocenters. The molecule has 2 atom stereocenters. The Morgan fingerprint density at radius 2 is 1.82 bits per heavy atom. The Kier molecular flexibility index (Phi) is 6.92. The lowest BCUT2D eigenvalue weighted by Crippen LogP contribution is -2.39. The summed E-state index contributed by atoms with van der Waals surface area (Å²) in [7, 11) is 0. The topological polar surface area (TPSA) is 84.5 Å². The van der Waals surface area contributed by atoms with Crippen LogP contribution in [0.15, 0.2) is 42.5 Å². The number of carbonyl (C=O) groups excluding carboxylic acids is 1. The summed E-state index contributed by atoms with van der Waals surface area (Å²) < 4.78 is 16.5. The highest BCUT2D eigenvalue weighted by Gasteiger charge is 2.25. The van der Waals surface area contributed by atoms with E-state index >= 15 is 0 Å². The lowest BCUT2D eigenvalue weighted by Gasteiger charge is -2.32. The monoisotopic (exact) mass is 466 g/mol. The molecule has 1 saturated carbocycles. The molecular weight excluding hydrogens is 436 g/mol. The largest absolute Gasteiger partial charge is 0.454 e. The number of aromatic nitrogens is 1. The smallest absolute Gasteiger partial charge is 0.251 e. The molecule has 1 amide bonds. The second-order valence-electron chi connectivity index (χ2n) is 8.74. The van der Waals surface area contributed by atoms with Crippen LogP contribution in [0.4, 0.5) is 5.82 Å². The summed E-state index contributed by atoms with van der Waals surface area (Å²) >= 11 is 1.53. The molecule has 174 valence electrons. The van der Waals surface area contributed by atoms with E-state index in [1.807, 2.05) is 6.07 Å². The molecule has 1 aromatic heterocycles. The van der Waals surface area contributed by atoms with Gasteiger partial charge in [-0.2, -0.15) is 4.37 Å². The molecular formula is C25H30N4O3S. The molecule has 3 N–H and O–H groups in total. The van der Waals surface area contributed by atoms with E-state index in [1.165, 1.54) is 40.9 Å². The number of anilines is 1. The van der Waals surface area contributed by atoms with Gasteiger partial charge in [0.25, 0.3) is 5.91 Å². The van der Waals surface area contributed by atoms with Crippen LogP contribution in [-0.4, -0.2) is 43.3 Å². The van der Waals surface area contributed by atoms with Crippen LogP contribution in [0.1, 0.15) is 36.0 Å². The summed E-state index contributed by atoms with van der Waals surface area (Å²) in [6, 6.07) is 13.7. The summed E-state index contributed by atoms with van der Waals surface area (Å²) in [5.41, 5.74) is 0.616. The fourth-order valence-corrected chi connectivity index (χ4v) is 5.51. The van der Waals surface area contributed by atoms with Crippen LogP contribution in [0.25, 0.3) is 10.1 Å². The molecule has 1 aliphatic carbocycles. The van der Waals surface area contributed by atoms with Crippen molar-refractivity contribution in [3.63, 3.8) is 0 Å². The van der Waals surface area contributed by atoms with Gasteiger partial charge in [-0.1, -0.05) is 25.0 Å². The predicted octanol–water partition coefficient (Wildman–Crippen LogP) is 4.26. The molecule has 2 heterocycles. The van der Waals surface area contributed by atoms with Gasteiger partial charge in [0.1, 0.15) is 5.82 Å². The van der Waals surface area contributed by atoms with E-state index in [2.05, 4.69) is 38.5 Å². The van der Waals surface area contributed by atoms with Crippen molar-refractivity contribution in [3.8, 4) is 11.5 Å². The Bertz CT molecular complexity index is 1100. The van der Waals surface area contributed by atoms with E-state index in [1.54, 1.807) is 18.2 Å². The standard InChI is InChI=1S/C25H30N4O3S/c30-25(17-9-10-21-22(13-17)32-16-31-21)28-15-19-6-2-1-5-18(19)14-26-11-12-27-24-20-7-3-4-8-23(20)33-29-24/h3-4,7-10,13,18-19,26H,1-2,5-6,11-12,14-16H2,(H,27,29)(H,28,30). The molecule has 0 spiro atoms. The third-order valence-electron chi connectivity index (χ3n) is 6.60. The van der Waals surface area contributed by atoms with Gasteiger partial charge in [0.05, 0.1) is 4.70 Å². The van der Waals surface area contributed by atoms with Gasteiger partial charge in [0.15, 0.2) is 11.5 Å². The van der Waals surface area contributed by atoms with Gasteiger partial charge in [-0.15, -0.1) is 0 Å². The number of hydrogen-bond donors (Lipinski definition) is 3. The number of ether oxygens (including phenoxy) is 2. The highest BCUT2D eigenvalue weighted by atomic mass is 32.1. The first kappa shape index (κ1) is 22.0. The van der Waals surface area contributed by atoms with Crippen molar-refractivity contribution in [1.29, 1.82) is 0 Å². The van der Waals surface area contributed by atoms with Crippen LogP contribution in [0.3, 0.4) is 0 Å². The van der Waals surface area contributed by atoms with E-state index in [9.17, 15) is 4.79 Å². The number of benzene rings is 2.